The molecule has 1 N–H and O–H groups in total. The highest BCUT2D eigenvalue weighted by molar-refractivity contribution is 7.92. The summed E-state index contributed by atoms with van der Waals surface area (Å²) in [6, 6.07) is 22.7. The molecule has 4 aromatic rings. The molecule has 1 aromatic heterocycles. The summed E-state index contributed by atoms with van der Waals surface area (Å²) in [7, 11) is -2.25. The fraction of sp³-hybridized carbons (Fsp3) is 0.0400. The second-order valence-corrected chi connectivity index (χ2v) is 10.2. The molecule has 4 rings (SSSR count). The number of hydrogen-bond acceptors (Lipinski definition) is 5. The van der Waals surface area contributed by atoms with Gasteiger partial charge in [-0.15, -0.1) is 0 Å². The van der Waals surface area contributed by atoms with Crippen LogP contribution in [-0.2, 0) is 10.0 Å². The van der Waals surface area contributed by atoms with Crippen molar-refractivity contribution in [1.82, 2.24) is 5.43 Å². The summed E-state index contributed by atoms with van der Waals surface area (Å²) in [6.07, 6.45) is 1.36. The number of amides is 1. The standard InChI is InChI=1S/C25H19Cl2N3O4S/c1-30(35(32,33)21-5-3-2-4-6-21)19-10-7-17(8-11-19)25(31)29-28-16-20-12-14-24(34-20)22-13-9-18(26)15-23(22)27/h2-16H,1H3,(H,29,31)/b28-16-. The second kappa shape index (κ2) is 10.4. The van der Waals surface area contributed by atoms with Crippen LogP contribution in [0.15, 0.2) is 99.3 Å². The van der Waals surface area contributed by atoms with Crippen LogP contribution in [0.4, 0.5) is 5.69 Å². The van der Waals surface area contributed by atoms with Gasteiger partial charge in [-0.2, -0.15) is 5.10 Å². The summed E-state index contributed by atoms with van der Waals surface area (Å²) in [4.78, 5) is 12.6. The minimum absolute atomic E-state index is 0.179. The molecule has 0 spiro atoms. The summed E-state index contributed by atoms with van der Waals surface area (Å²) < 4.78 is 32.4. The monoisotopic (exact) mass is 527 g/mol. The van der Waals surface area contributed by atoms with Gasteiger partial charge in [-0.25, -0.2) is 13.8 Å². The number of furan rings is 1. The lowest BCUT2D eigenvalue weighted by molar-refractivity contribution is 0.0955. The second-order valence-electron chi connectivity index (χ2n) is 7.36. The van der Waals surface area contributed by atoms with Crippen LogP contribution in [0.1, 0.15) is 16.1 Å². The van der Waals surface area contributed by atoms with Crippen molar-refractivity contribution < 1.29 is 17.6 Å². The summed E-state index contributed by atoms with van der Waals surface area (Å²) in [5.74, 6) is 0.480. The van der Waals surface area contributed by atoms with Gasteiger partial charge in [0.1, 0.15) is 11.5 Å². The number of sulfonamides is 1. The minimum Gasteiger partial charge on any atom is -0.455 e. The lowest BCUT2D eigenvalue weighted by atomic mass is 10.2. The van der Waals surface area contributed by atoms with Crippen LogP contribution >= 0.6 is 23.2 Å². The molecule has 0 aliphatic heterocycles. The third-order valence-electron chi connectivity index (χ3n) is 5.08. The third kappa shape index (κ3) is 5.57. The lowest BCUT2D eigenvalue weighted by Crippen LogP contribution is -2.26. The first kappa shape index (κ1) is 24.5. The molecule has 0 atom stereocenters. The molecule has 0 fully saturated rings. The summed E-state index contributed by atoms with van der Waals surface area (Å²) in [5, 5.41) is 4.89. The number of carbonyl (C=O) groups is 1. The van der Waals surface area contributed by atoms with Gasteiger partial charge in [0.05, 0.1) is 21.8 Å². The summed E-state index contributed by atoms with van der Waals surface area (Å²) >= 11 is 12.1. The SMILES string of the molecule is CN(c1ccc(C(=O)N/N=C\c2ccc(-c3ccc(Cl)cc3Cl)o2)cc1)S(=O)(=O)c1ccccc1. The summed E-state index contributed by atoms with van der Waals surface area (Å²) in [5.41, 5.74) is 3.82. The van der Waals surface area contributed by atoms with Gasteiger partial charge in [0, 0.05) is 23.2 Å². The molecule has 7 nitrogen and oxygen atoms in total. The van der Waals surface area contributed by atoms with E-state index in [2.05, 4.69) is 10.5 Å². The van der Waals surface area contributed by atoms with E-state index in [0.29, 0.717) is 38.4 Å². The number of nitrogens with one attached hydrogen (secondary N) is 1. The molecule has 0 saturated heterocycles. The molecular weight excluding hydrogens is 509 g/mol. The molecule has 0 unspecified atom stereocenters. The zero-order chi connectivity index (χ0) is 25.0. The first-order valence-corrected chi connectivity index (χ1v) is 12.5. The van der Waals surface area contributed by atoms with Crippen LogP contribution in [0, 0.1) is 0 Å². The predicted molar refractivity (Wildman–Crippen MR) is 138 cm³/mol. The molecule has 0 saturated carbocycles. The van der Waals surface area contributed by atoms with Gasteiger partial charge in [0.25, 0.3) is 15.9 Å². The van der Waals surface area contributed by atoms with Gasteiger partial charge < -0.3 is 4.42 Å². The Labute approximate surface area is 212 Å². The number of anilines is 1. The molecule has 3 aromatic carbocycles. The van der Waals surface area contributed by atoms with Crippen LogP contribution in [-0.4, -0.2) is 27.6 Å². The van der Waals surface area contributed by atoms with Crippen molar-refractivity contribution in [2.45, 2.75) is 4.90 Å². The molecule has 10 heteroatoms. The topological polar surface area (TPSA) is 92.0 Å². The first-order chi connectivity index (χ1) is 16.8. The van der Waals surface area contributed by atoms with Gasteiger partial charge in [0.15, 0.2) is 0 Å². The van der Waals surface area contributed by atoms with Gasteiger partial charge >= 0.3 is 0 Å². The van der Waals surface area contributed by atoms with E-state index in [9.17, 15) is 13.2 Å². The Morgan fingerprint density at radius 3 is 2.37 bits per heavy atom. The number of rotatable bonds is 7. The van der Waals surface area contributed by atoms with E-state index in [1.165, 1.54) is 37.5 Å². The quantitative estimate of drug-likeness (QED) is 0.241. The molecule has 0 aliphatic carbocycles. The number of halogens is 2. The molecule has 1 heterocycles. The minimum atomic E-state index is -3.71. The molecule has 35 heavy (non-hydrogen) atoms. The Kier molecular flexibility index (Phi) is 7.25. The largest absolute Gasteiger partial charge is 0.455 e. The van der Waals surface area contributed by atoms with Gasteiger partial charge in [0.2, 0.25) is 0 Å². The maximum atomic E-state index is 12.8. The van der Waals surface area contributed by atoms with Crippen molar-refractivity contribution in [3.05, 3.63) is 106 Å². The normalized spacial score (nSPS) is 11.5. The molecule has 0 radical (unpaired) electrons. The molecular formula is C25H19Cl2N3O4S. The van der Waals surface area contributed by atoms with Gasteiger partial charge in [-0.1, -0.05) is 41.4 Å². The lowest BCUT2D eigenvalue weighted by Gasteiger charge is -2.19. The predicted octanol–water partition coefficient (Wildman–Crippen LogP) is 5.84. The van der Waals surface area contributed by atoms with Crippen LogP contribution in [0.25, 0.3) is 11.3 Å². The van der Waals surface area contributed by atoms with Crippen molar-refractivity contribution in [3.8, 4) is 11.3 Å². The highest BCUT2D eigenvalue weighted by atomic mass is 35.5. The highest BCUT2D eigenvalue weighted by Gasteiger charge is 2.21. The average molecular weight is 528 g/mol. The Hall–Kier alpha value is -3.59. The van der Waals surface area contributed by atoms with Crippen molar-refractivity contribution in [1.29, 1.82) is 0 Å². The van der Waals surface area contributed by atoms with E-state index < -0.39 is 15.9 Å². The summed E-state index contributed by atoms with van der Waals surface area (Å²) in [6.45, 7) is 0. The Morgan fingerprint density at radius 2 is 1.69 bits per heavy atom. The van der Waals surface area contributed by atoms with Crippen molar-refractivity contribution in [2.75, 3.05) is 11.4 Å². The number of hydrogen-bond donors (Lipinski definition) is 1. The zero-order valence-corrected chi connectivity index (χ0v) is 20.7. The van der Waals surface area contributed by atoms with E-state index in [4.69, 9.17) is 27.6 Å². The van der Waals surface area contributed by atoms with Crippen LogP contribution < -0.4 is 9.73 Å². The number of nitrogens with zero attached hydrogens (tertiary/aromatic N) is 2. The molecule has 1 amide bonds. The zero-order valence-electron chi connectivity index (χ0n) is 18.4. The average Bonchev–Trinajstić information content (AvgIpc) is 3.32. The van der Waals surface area contributed by atoms with E-state index >= 15 is 0 Å². The third-order valence-corrected chi connectivity index (χ3v) is 7.42. The maximum Gasteiger partial charge on any atom is 0.271 e. The fourth-order valence-corrected chi connectivity index (χ4v) is 4.91. The van der Waals surface area contributed by atoms with E-state index in [0.717, 1.165) is 4.31 Å². The van der Waals surface area contributed by atoms with Gasteiger partial charge in [-0.05, 0) is 66.7 Å². The first-order valence-electron chi connectivity index (χ1n) is 10.3. The fourth-order valence-electron chi connectivity index (χ4n) is 3.19. The van der Waals surface area contributed by atoms with Crippen molar-refractivity contribution in [3.63, 3.8) is 0 Å². The highest BCUT2D eigenvalue weighted by Crippen LogP contribution is 2.31. The molecule has 178 valence electrons. The van der Waals surface area contributed by atoms with Crippen LogP contribution in [0.5, 0.6) is 0 Å². The van der Waals surface area contributed by atoms with E-state index in [1.54, 1.807) is 60.7 Å². The van der Waals surface area contributed by atoms with E-state index in [1.807, 2.05) is 0 Å². The van der Waals surface area contributed by atoms with Crippen LogP contribution in [0.3, 0.4) is 0 Å². The number of benzene rings is 3. The molecule has 0 aliphatic rings. The van der Waals surface area contributed by atoms with Gasteiger partial charge in [-0.3, -0.25) is 9.10 Å². The Morgan fingerprint density at radius 1 is 0.971 bits per heavy atom. The maximum absolute atomic E-state index is 12.8. The Balaban J connectivity index is 1.40. The van der Waals surface area contributed by atoms with Crippen molar-refractivity contribution >= 4 is 51.0 Å². The number of hydrazone groups is 1. The van der Waals surface area contributed by atoms with Crippen LogP contribution in [0.2, 0.25) is 10.0 Å². The molecule has 0 bridgehead atoms. The smallest absolute Gasteiger partial charge is 0.271 e. The van der Waals surface area contributed by atoms with Crippen molar-refractivity contribution in [2.24, 2.45) is 5.10 Å². The Bertz CT molecular complexity index is 1480. The number of carbonyl (C=O) groups excluding carboxylic acids is 1. The van der Waals surface area contributed by atoms with E-state index in [-0.39, 0.29) is 4.90 Å².